The molecule has 4 saturated carbocycles. The van der Waals surface area contributed by atoms with Gasteiger partial charge < -0.3 is 51.2 Å². The van der Waals surface area contributed by atoms with Gasteiger partial charge in [-0.2, -0.15) is 0 Å². The van der Waals surface area contributed by atoms with Crippen LogP contribution in [0.25, 0.3) is 0 Å². The fourth-order valence-electron chi connectivity index (χ4n) is 14.4. The summed E-state index contributed by atoms with van der Waals surface area (Å²) in [4.78, 5) is 57.2. The summed E-state index contributed by atoms with van der Waals surface area (Å²) >= 11 is 0. The second-order valence-electron chi connectivity index (χ2n) is 20.8. The first-order valence-corrected chi connectivity index (χ1v) is 23.6. The number of phenolic OH excluding ortho intramolecular Hbond substituents is 2. The highest BCUT2D eigenvalue weighted by molar-refractivity contribution is 5.99. The van der Waals surface area contributed by atoms with Crippen molar-refractivity contribution in [2.24, 2.45) is 11.8 Å². The molecule has 64 heavy (non-hydrogen) atoms. The maximum Gasteiger partial charge on any atom is 0.244 e. The Morgan fingerprint density at radius 1 is 0.625 bits per heavy atom. The van der Waals surface area contributed by atoms with E-state index in [4.69, 9.17) is 9.47 Å². The molecule has 340 valence electrons. The summed E-state index contributed by atoms with van der Waals surface area (Å²) in [5.74, 6) is -0.0770. The monoisotopic (exact) mass is 878 g/mol. The number of amides is 4. The van der Waals surface area contributed by atoms with Gasteiger partial charge in [0.1, 0.15) is 12.2 Å². The molecule has 4 bridgehead atoms. The number of nitrogens with one attached hydrogen (secondary N) is 4. The van der Waals surface area contributed by atoms with Gasteiger partial charge >= 0.3 is 0 Å². The average Bonchev–Trinajstić information content (AvgIpc) is 4.20. The van der Waals surface area contributed by atoms with Crippen molar-refractivity contribution < 1.29 is 49.1 Å². The van der Waals surface area contributed by atoms with Crippen molar-refractivity contribution in [3.63, 3.8) is 0 Å². The van der Waals surface area contributed by atoms with Crippen molar-refractivity contribution in [2.45, 2.75) is 135 Å². The summed E-state index contributed by atoms with van der Waals surface area (Å²) in [6, 6.07) is 6.08. The van der Waals surface area contributed by atoms with Crippen LogP contribution in [-0.2, 0) is 42.8 Å². The zero-order chi connectivity index (χ0) is 43.9. The zero-order valence-electron chi connectivity index (χ0n) is 35.9. The summed E-state index contributed by atoms with van der Waals surface area (Å²) in [7, 11) is 0. The van der Waals surface area contributed by atoms with E-state index in [2.05, 4.69) is 31.1 Å². The normalized spacial score (nSPS) is 37.2. The van der Waals surface area contributed by atoms with Crippen LogP contribution in [0.4, 0.5) is 0 Å². The maximum atomic E-state index is 13.3. The lowest BCUT2D eigenvalue weighted by atomic mass is 9.48. The van der Waals surface area contributed by atoms with Crippen molar-refractivity contribution >= 4 is 23.6 Å². The first-order valence-electron chi connectivity index (χ1n) is 23.6. The summed E-state index contributed by atoms with van der Waals surface area (Å²) in [6.07, 6.45) is 10.2. The number of carbonyl (C=O) groups is 4. The number of piperidine rings is 2. The van der Waals surface area contributed by atoms with Crippen LogP contribution in [0, 0.1) is 11.8 Å². The van der Waals surface area contributed by atoms with Crippen LogP contribution in [0.1, 0.15) is 86.5 Å². The molecule has 0 radical (unpaired) electrons. The molecule has 6 fully saturated rings. The summed E-state index contributed by atoms with van der Waals surface area (Å²) in [5.41, 5.74) is 0.138. The van der Waals surface area contributed by atoms with Gasteiger partial charge in [-0.3, -0.25) is 29.0 Å². The number of phenols is 2. The predicted octanol–water partition coefficient (Wildman–Crippen LogP) is 0.684. The van der Waals surface area contributed by atoms with Crippen LogP contribution >= 0.6 is 0 Å². The fraction of sp³-hybridized carbons (Fsp3) is 0.625. The van der Waals surface area contributed by atoms with Crippen molar-refractivity contribution in [3.8, 4) is 23.0 Å². The summed E-state index contributed by atoms with van der Waals surface area (Å²) in [6.45, 7) is 2.80. The van der Waals surface area contributed by atoms with E-state index in [0.29, 0.717) is 74.7 Å². The van der Waals surface area contributed by atoms with Gasteiger partial charge in [-0.25, -0.2) is 0 Å². The van der Waals surface area contributed by atoms with Gasteiger partial charge in [0.25, 0.3) is 0 Å². The Hall–Kier alpha value is -4.90. The van der Waals surface area contributed by atoms with Crippen molar-refractivity contribution in [3.05, 3.63) is 58.7 Å². The van der Waals surface area contributed by atoms with Crippen LogP contribution in [0.2, 0.25) is 0 Å². The minimum absolute atomic E-state index is 0.0244. The molecule has 4 heterocycles. The van der Waals surface area contributed by atoms with Crippen LogP contribution in [0.3, 0.4) is 0 Å². The topological polar surface area (TPSA) is 222 Å². The molecule has 10 atom stereocenters. The SMILES string of the molecule is O=C(/C=C/C(=O)NCC(=O)NC1CCC2(O)C3Cc4ccc(O)c5c4C2(CCN3CC2CC2)C1O5)NCC(=O)NC1CCC2(O)C3Cc4ccc(O)c5c4C2(CCN3CC2CC2)C1O5. The molecule has 2 saturated heterocycles. The van der Waals surface area contributed by atoms with Gasteiger partial charge in [0, 0.05) is 48.5 Å². The van der Waals surface area contributed by atoms with Crippen LogP contribution < -0.4 is 30.7 Å². The smallest absolute Gasteiger partial charge is 0.244 e. The van der Waals surface area contributed by atoms with Gasteiger partial charge in [-0.15, -0.1) is 0 Å². The van der Waals surface area contributed by atoms with Gasteiger partial charge in [0.15, 0.2) is 23.0 Å². The van der Waals surface area contributed by atoms with E-state index in [1.54, 1.807) is 12.1 Å². The predicted molar refractivity (Wildman–Crippen MR) is 229 cm³/mol. The number of hydrogen-bond donors (Lipinski definition) is 8. The van der Waals surface area contributed by atoms with E-state index in [0.717, 1.165) is 60.6 Å². The summed E-state index contributed by atoms with van der Waals surface area (Å²) < 4.78 is 13.1. The van der Waals surface area contributed by atoms with E-state index in [1.807, 2.05) is 12.1 Å². The molecule has 4 amide bonds. The molecule has 12 rings (SSSR count). The number of aliphatic hydroxyl groups is 2. The van der Waals surface area contributed by atoms with Gasteiger partial charge in [0.05, 0.1) is 47.2 Å². The Labute approximate surface area is 371 Å². The van der Waals surface area contributed by atoms with E-state index in [1.165, 1.54) is 25.7 Å². The van der Waals surface area contributed by atoms with Crippen molar-refractivity contribution in [1.82, 2.24) is 31.1 Å². The fourth-order valence-corrected chi connectivity index (χ4v) is 14.4. The van der Waals surface area contributed by atoms with Crippen LogP contribution in [0.5, 0.6) is 23.0 Å². The minimum atomic E-state index is -1.08. The quantitative estimate of drug-likeness (QED) is 0.138. The van der Waals surface area contributed by atoms with Gasteiger partial charge in [-0.05, 0) is 125 Å². The first kappa shape index (κ1) is 40.6. The van der Waals surface area contributed by atoms with Crippen LogP contribution in [0.15, 0.2) is 36.4 Å². The molecule has 10 aliphatic rings. The van der Waals surface area contributed by atoms with E-state index in [-0.39, 0.29) is 36.7 Å². The van der Waals surface area contributed by atoms with E-state index >= 15 is 0 Å². The van der Waals surface area contributed by atoms with E-state index < -0.39 is 70.0 Å². The number of ether oxygens (including phenoxy) is 2. The highest BCUT2D eigenvalue weighted by Crippen LogP contribution is 2.67. The number of benzene rings is 2. The van der Waals surface area contributed by atoms with Crippen molar-refractivity contribution in [1.29, 1.82) is 0 Å². The standard InChI is InChI=1S/C48H58N6O10/c55-31-7-5-27-19-33-47(61)13-11-29(43-45(47,39(27)41(31)63-43)15-17-53(33)23-25-1-2-25)51-37(59)21-49-35(57)9-10-36(58)50-22-38(60)52-30-12-14-48(62)34-20-28-6-8-32(56)42-40(28)46(48,44(30)64-42)16-18-54(34)24-26-3-4-26/h5-10,25-26,29-30,33-34,43-44,55-56,61-62H,1-4,11-24H2,(H,49,57)(H,50,58)(H,51,59)(H,52,60)/b10-9+. The number of rotatable bonds is 12. The largest absolute Gasteiger partial charge is 0.504 e. The van der Waals surface area contributed by atoms with Crippen molar-refractivity contribution in [2.75, 3.05) is 39.3 Å². The molecule has 2 aromatic carbocycles. The second-order valence-corrected chi connectivity index (χ2v) is 20.8. The Morgan fingerprint density at radius 2 is 1.05 bits per heavy atom. The molecule has 0 aromatic heterocycles. The van der Waals surface area contributed by atoms with Gasteiger partial charge in [0.2, 0.25) is 23.6 Å². The lowest BCUT2D eigenvalue weighted by Crippen LogP contribution is -2.78. The van der Waals surface area contributed by atoms with E-state index in [9.17, 15) is 39.6 Å². The molecular weight excluding hydrogens is 821 g/mol. The lowest BCUT2D eigenvalue weighted by Gasteiger charge is -2.64. The number of carbonyl (C=O) groups excluding carboxylic acids is 4. The Balaban J connectivity index is 0.649. The number of likely N-dealkylation sites (tertiary alicyclic amines) is 2. The lowest BCUT2D eigenvalue weighted by molar-refractivity contribution is -0.192. The first-order chi connectivity index (χ1) is 30.8. The molecule has 6 aliphatic carbocycles. The highest BCUT2D eigenvalue weighted by atomic mass is 16.5. The van der Waals surface area contributed by atoms with Gasteiger partial charge in [-0.1, -0.05) is 12.1 Å². The maximum absolute atomic E-state index is 13.3. The third-order valence-electron chi connectivity index (χ3n) is 17.5. The molecule has 8 N–H and O–H groups in total. The molecular formula is C48H58N6O10. The summed E-state index contributed by atoms with van der Waals surface area (Å²) in [5, 5.41) is 58.4. The number of hydrogen-bond acceptors (Lipinski definition) is 12. The molecule has 4 aliphatic heterocycles. The molecule has 10 unspecified atom stereocenters. The molecule has 16 heteroatoms. The average molecular weight is 879 g/mol. The highest BCUT2D eigenvalue weighted by Gasteiger charge is 2.74. The Bertz CT molecular complexity index is 2230. The van der Waals surface area contributed by atoms with Crippen LogP contribution in [-0.4, -0.2) is 141 Å². The number of aromatic hydroxyl groups is 2. The molecule has 2 spiro atoms. The Kier molecular flexibility index (Phi) is 9.07. The minimum Gasteiger partial charge on any atom is -0.504 e. The zero-order valence-corrected chi connectivity index (χ0v) is 35.9. The third-order valence-corrected chi connectivity index (χ3v) is 17.5. The second kappa shape index (κ2) is 14.3. The third kappa shape index (κ3) is 5.79. The molecule has 16 nitrogen and oxygen atoms in total. The number of nitrogens with zero attached hydrogens (tertiary/aromatic N) is 2. The Morgan fingerprint density at radius 3 is 1.45 bits per heavy atom. The molecule has 2 aromatic rings.